The molecule has 28 heavy (non-hydrogen) atoms. The van der Waals surface area contributed by atoms with Crippen molar-refractivity contribution in [1.82, 2.24) is 24.1 Å². The Bertz CT molecular complexity index is 800. The Kier molecular flexibility index (Phi) is 6.40. The third-order valence-electron chi connectivity index (χ3n) is 5.61. The van der Waals surface area contributed by atoms with Crippen LogP contribution in [0.25, 0.3) is 5.52 Å². The summed E-state index contributed by atoms with van der Waals surface area (Å²) in [5.74, 6) is 1.53. The predicted molar refractivity (Wildman–Crippen MR) is 114 cm³/mol. The van der Waals surface area contributed by atoms with E-state index < -0.39 is 0 Å². The first-order chi connectivity index (χ1) is 13.3. The van der Waals surface area contributed by atoms with Crippen molar-refractivity contribution in [3.05, 3.63) is 35.9 Å². The highest BCUT2D eigenvalue weighted by Gasteiger charge is 2.33. The van der Waals surface area contributed by atoms with Crippen molar-refractivity contribution in [1.29, 1.82) is 0 Å². The van der Waals surface area contributed by atoms with Gasteiger partial charge >= 0.3 is 0 Å². The highest BCUT2D eigenvalue weighted by Crippen LogP contribution is 2.21. The minimum atomic E-state index is 0.0599. The van der Waals surface area contributed by atoms with E-state index in [1.165, 1.54) is 0 Å². The standard InChI is InChI=1S/C22H35N5O/c1-16(2)13-20-23-21(19-9-7-8-10-27(19)20)22(28)25-14-17(3)26(18(4)15-25)12-11-24(5)6/h7-10,16-18H,11-15H2,1-6H3. The number of rotatable bonds is 6. The summed E-state index contributed by atoms with van der Waals surface area (Å²) < 4.78 is 2.08. The summed E-state index contributed by atoms with van der Waals surface area (Å²) in [6.07, 6.45) is 2.88. The summed E-state index contributed by atoms with van der Waals surface area (Å²) in [4.78, 5) is 24.9. The molecule has 0 saturated carbocycles. The van der Waals surface area contributed by atoms with Crippen LogP contribution < -0.4 is 0 Å². The summed E-state index contributed by atoms with van der Waals surface area (Å²) in [6.45, 7) is 12.4. The van der Waals surface area contributed by atoms with E-state index in [9.17, 15) is 4.79 Å². The maximum absolute atomic E-state index is 13.4. The number of amides is 1. The maximum Gasteiger partial charge on any atom is 0.274 e. The first-order valence-electron chi connectivity index (χ1n) is 10.4. The third-order valence-corrected chi connectivity index (χ3v) is 5.61. The molecule has 1 aliphatic rings. The monoisotopic (exact) mass is 385 g/mol. The first kappa shape index (κ1) is 20.8. The fraction of sp³-hybridized carbons (Fsp3) is 0.636. The number of carbonyl (C=O) groups excluding carboxylic acids is 1. The van der Waals surface area contributed by atoms with Gasteiger partial charge in [-0.15, -0.1) is 0 Å². The van der Waals surface area contributed by atoms with Crippen molar-refractivity contribution in [3.8, 4) is 0 Å². The second kappa shape index (κ2) is 8.62. The lowest BCUT2D eigenvalue weighted by Crippen LogP contribution is -2.59. The number of fused-ring (bicyclic) bond motifs is 1. The topological polar surface area (TPSA) is 44.1 Å². The zero-order valence-corrected chi connectivity index (χ0v) is 18.2. The van der Waals surface area contributed by atoms with Crippen LogP contribution in [0.2, 0.25) is 0 Å². The van der Waals surface area contributed by atoms with Gasteiger partial charge in [0, 0.05) is 50.9 Å². The lowest BCUT2D eigenvalue weighted by atomic mass is 10.1. The van der Waals surface area contributed by atoms with Crippen LogP contribution in [0.3, 0.4) is 0 Å². The number of pyridine rings is 1. The van der Waals surface area contributed by atoms with E-state index in [-0.39, 0.29) is 5.91 Å². The molecule has 1 saturated heterocycles. The summed E-state index contributed by atoms with van der Waals surface area (Å²) in [5.41, 5.74) is 1.51. The molecule has 3 heterocycles. The van der Waals surface area contributed by atoms with Crippen molar-refractivity contribution < 1.29 is 4.79 Å². The van der Waals surface area contributed by atoms with Crippen LogP contribution in [-0.2, 0) is 6.42 Å². The lowest BCUT2D eigenvalue weighted by molar-refractivity contribution is 0.0280. The van der Waals surface area contributed by atoms with Gasteiger partial charge in [0.25, 0.3) is 5.91 Å². The second-order valence-corrected chi connectivity index (χ2v) is 8.88. The van der Waals surface area contributed by atoms with E-state index in [0.29, 0.717) is 23.7 Å². The highest BCUT2D eigenvalue weighted by molar-refractivity contribution is 5.99. The van der Waals surface area contributed by atoms with Gasteiger partial charge < -0.3 is 14.2 Å². The molecule has 2 atom stereocenters. The SMILES string of the molecule is CC(C)Cc1nc(C(=O)N2CC(C)N(CCN(C)C)C(C)C2)c2ccccn12. The molecule has 2 aromatic rings. The normalized spacial score (nSPS) is 21.2. The Morgan fingerprint density at radius 2 is 1.89 bits per heavy atom. The molecule has 6 heteroatoms. The van der Waals surface area contributed by atoms with Crippen molar-refractivity contribution in [3.63, 3.8) is 0 Å². The van der Waals surface area contributed by atoms with Crippen LogP contribution in [0.5, 0.6) is 0 Å². The van der Waals surface area contributed by atoms with Crippen molar-refractivity contribution in [2.24, 2.45) is 5.92 Å². The smallest absolute Gasteiger partial charge is 0.274 e. The molecule has 0 aromatic carbocycles. The highest BCUT2D eigenvalue weighted by atomic mass is 16.2. The minimum absolute atomic E-state index is 0.0599. The largest absolute Gasteiger partial charge is 0.334 e. The van der Waals surface area contributed by atoms with Gasteiger partial charge in [0.15, 0.2) is 5.69 Å². The molecule has 0 N–H and O–H groups in total. The average Bonchev–Trinajstić information content (AvgIpc) is 2.98. The fourth-order valence-corrected chi connectivity index (χ4v) is 4.20. The summed E-state index contributed by atoms with van der Waals surface area (Å²) in [5, 5.41) is 0. The minimum Gasteiger partial charge on any atom is -0.334 e. The molecular weight excluding hydrogens is 350 g/mol. The average molecular weight is 386 g/mol. The van der Waals surface area contributed by atoms with Gasteiger partial charge in [-0.25, -0.2) is 4.98 Å². The summed E-state index contributed by atoms with van der Waals surface area (Å²) >= 11 is 0. The van der Waals surface area contributed by atoms with Gasteiger partial charge in [-0.1, -0.05) is 19.9 Å². The number of nitrogens with zero attached hydrogens (tertiary/aromatic N) is 5. The van der Waals surface area contributed by atoms with E-state index in [1.807, 2.05) is 29.3 Å². The van der Waals surface area contributed by atoms with Crippen LogP contribution >= 0.6 is 0 Å². The summed E-state index contributed by atoms with van der Waals surface area (Å²) in [7, 11) is 4.21. The van der Waals surface area contributed by atoms with Gasteiger partial charge in [-0.2, -0.15) is 0 Å². The molecule has 0 radical (unpaired) electrons. The Balaban J connectivity index is 1.81. The Morgan fingerprint density at radius 3 is 2.50 bits per heavy atom. The van der Waals surface area contributed by atoms with Crippen LogP contribution in [0.4, 0.5) is 0 Å². The van der Waals surface area contributed by atoms with Gasteiger partial charge in [-0.05, 0) is 46.0 Å². The molecule has 2 aromatic heterocycles. The molecule has 1 aliphatic heterocycles. The van der Waals surface area contributed by atoms with E-state index >= 15 is 0 Å². The van der Waals surface area contributed by atoms with Gasteiger partial charge in [0.1, 0.15) is 5.82 Å². The predicted octanol–water partition coefficient (Wildman–Crippen LogP) is 2.63. The molecule has 2 unspecified atom stereocenters. The van der Waals surface area contributed by atoms with Gasteiger partial charge in [-0.3, -0.25) is 9.69 Å². The molecule has 3 rings (SSSR count). The number of hydrogen-bond donors (Lipinski definition) is 0. The van der Waals surface area contributed by atoms with E-state index in [4.69, 9.17) is 4.98 Å². The second-order valence-electron chi connectivity index (χ2n) is 8.88. The number of piperazine rings is 1. The van der Waals surface area contributed by atoms with Crippen molar-refractivity contribution in [2.75, 3.05) is 40.3 Å². The molecule has 0 bridgehead atoms. The molecule has 1 amide bonds. The van der Waals surface area contributed by atoms with Crippen LogP contribution in [-0.4, -0.2) is 82.3 Å². The van der Waals surface area contributed by atoms with Gasteiger partial charge in [0.2, 0.25) is 0 Å². The van der Waals surface area contributed by atoms with Crippen LogP contribution in [0.15, 0.2) is 24.4 Å². The fourth-order valence-electron chi connectivity index (χ4n) is 4.20. The number of aromatic nitrogens is 2. The van der Waals surface area contributed by atoms with Crippen molar-refractivity contribution >= 4 is 11.4 Å². The van der Waals surface area contributed by atoms with Crippen LogP contribution in [0.1, 0.15) is 44.0 Å². The Hall–Kier alpha value is -1.92. The third kappa shape index (κ3) is 4.39. The molecule has 0 aliphatic carbocycles. The molecule has 0 spiro atoms. The summed E-state index contributed by atoms with van der Waals surface area (Å²) in [6, 6.07) is 6.68. The molecule has 6 nitrogen and oxygen atoms in total. The zero-order chi connectivity index (χ0) is 20.4. The van der Waals surface area contributed by atoms with Crippen LogP contribution in [0, 0.1) is 5.92 Å². The number of likely N-dealkylation sites (N-methyl/N-ethyl adjacent to an activating group) is 1. The number of imidazole rings is 1. The Morgan fingerprint density at radius 1 is 1.21 bits per heavy atom. The number of hydrogen-bond acceptors (Lipinski definition) is 4. The molecular formula is C22H35N5O. The van der Waals surface area contributed by atoms with E-state index in [0.717, 1.165) is 43.9 Å². The van der Waals surface area contributed by atoms with Gasteiger partial charge in [0.05, 0.1) is 5.52 Å². The Labute approximate surface area is 169 Å². The van der Waals surface area contributed by atoms with Crippen molar-refractivity contribution in [2.45, 2.75) is 46.2 Å². The van der Waals surface area contributed by atoms with E-state index in [2.05, 4.69) is 56.0 Å². The first-order valence-corrected chi connectivity index (χ1v) is 10.4. The molecule has 1 fully saturated rings. The maximum atomic E-state index is 13.4. The molecule has 154 valence electrons. The quantitative estimate of drug-likeness (QED) is 0.767. The zero-order valence-electron chi connectivity index (χ0n) is 18.2. The number of carbonyl (C=O) groups is 1. The van der Waals surface area contributed by atoms with E-state index in [1.54, 1.807) is 0 Å². The lowest BCUT2D eigenvalue weighted by Gasteiger charge is -2.44.